The normalized spacial score (nSPS) is 13.3. The largest absolute Gasteiger partial charge is 0.459 e. The predicted octanol–water partition coefficient (Wildman–Crippen LogP) is 4.87. The van der Waals surface area contributed by atoms with Crippen LogP contribution in [0.25, 0.3) is 10.9 Å². The second kappa shape index (κ2) is 7.39. The Morgan fingerprint density at radius 1 is 1.10 bits per heavy atom. The number of fused-ring (bicyclic) bond motifs is 3. The third-order valence-corrected chi connectivity index (χ3v) is 5.59. The maximum Gasteiger partial charge on any atom is 0.291 e. The lowest BCUT2D eigenvalue weighted by atomic mass is 10.0. The maximum atomic E-state index is 13.0. The zero-order valence-electron chi connectivity index (χ0n) is 15.9. The Morgan fingerprint density at radius 2 is 1.93 bits per heavy atom. The van der Waals surface area contributed by atoms with Gasteiger partial charge in [-0.3, -0.25) is 9.59 Å². The molecule has 0 fully saturated rings. The second-order valence-corrected chi connectivity index (χ2v) is 7.69. The number of aromatic nitrogens is 1. The second-order valence-electron chi connectivity index (χ2n) is 7.26. The molecule has 1 aliphatic heterocycles. The van der Waals surface area contributed by atoms with Gasteiger partial charge < -0.3 is 19.6 Å². The summed E-state index contributed by atoms with van der Waals surface area (Å²) in [7, 11) is 0. The number of rotatable bonds is 3. The van der Waals surface area contributed by atoms with Gasteiger partial charge in [0.25, 0.3) is 11.8 Å². The van der Waals surface area contributed by atoms with Crippen LogP contribution in [0, 0.1) is 0 Å². The van der Waals surface area contributed by atoms with E-state index in [1.807, 2.05) is 23.1 Å². The van der Waals surface area contributed by atoms with Gasteiger partial charge in [-0.2, -0.15) is 0 Å². The number of anilines is 1. The molecule has 4 aromatic rings. The number of hydrogen-bond donors (Lipinski definition) is 2. The Kier molecular flexibility index (Phi) is 4.56. The Hall–Kier alpha value is -3.51. The molecule has 2 N–H and O–H groups in total. The highest BCUT2D eigenvalue weighted by Crippen LogP contribution is 2.30. The molecular weight excluding hydrogens is 402 g/mol. The van der Waals surface area contributed by atoms with E-state index in [1.54, 1.807) is 36.4 Å². The van der Waals surface area contributed by atoms with Crippen LogP contribution >= 0.6 is 11.6 Å². The Labute approximate surface area is 177 Å². The molecule has 6 nitrogen and oxygen atoms in total. The molecule has 1 aliphatic rings. The van der Waals surface area contributed by atoms with E-state index < -0.39 is 0 Å². The van der Waals surface area contributed by atoms with Crippen molar-refractivity contribution in [1.29, 1.82) is 0 Å². The molecule has 0 aliphatic carbocycles. The van der Waals surface area contributed by atoms with Crippen molar-refractivity contribution in [3.63, 3.8) is 0 Å². The number of furan rings is 1. The lowest BCUT2D eigenvalue weighted by Gasteiger charge is -2.27. The number of halogens is 1. The first-order chi connectivity index (χ1) is 14.6. The van der Waals surface area contributed by atoms with Gasteiger partial charge in [-0.15, -0.1) is 0 Å². The third kappa shape index (κ3) is 3.35. The SMILES string of the molecule is O=C(Nc1ccc(C(=O)N2CCc3[nH]c4ccc(Cl)cc4c3C2)cc1)c1ccco1. The van der Waals surface area contributed by atoms with Crippen molar-refractivity contribution in [3.05, 3.63) is 88.5 Å². The summed E-state index contributed by atoms with van der Waals surface area (Å²) in [5.41, 5.74) is 4.49. The van der Waals surface area contributed by atoms with Crippen molar-refractivity contribution in [2.45, 2.75) is 13.0 Å². The number of benzene rings is 2. The molecule has 7 heteroatoms. The molecule has 2 aromatic heterocycles. The van der Waals surface area contributed by atoms with E-state index in [9.17, 15) is 9.59 Å². The van der Waals surface area contributed by atoms with Crippen LogP contribution in [0.3, 0.4) is 0 Å². The molecule has 2 aromatic carbocycles. The fourth-order valence-corrected chi connectivity index (χ4v) is 4.01. The summed E-state index contributed by atoms with van der Waals surface area (Å²) >= 11 is 6.17. The summed E-state index contributed by atoms with van der Waals surface area (Å²) < 4.78 is 5.09. The summed E-state index contributed by atoms with van der Waals surface area (Å²) in [6, 6.07) is 15.9. The van der Waals surface area contributed by atoms with Gasteiger partial charge in [-0.25, -0.2) is 0 Å². The lowest BCUT2D eigenvalue weighted by Crippen LogP contribution is -2.35. The smallest absolute Gasteiger partial charge is 0.291 e. The number of amides is 2. The van der Waals surface area contributed by atoms with Crippen molar-refractivity contribution in [3.8, 4) is 0 Å². The van der Waals surface area contributed by atoms with Gasteiger partial charge in [0.2, 0.25) is 0 Å². The van der Waals surface area contributed by atoms with Gasteiger partial charge in [0.15, 0.2) is 5.76 Å². The zero-order valence-corrected chi connectivity index (χ0v) is 16.7. The summed E-state index contributed by atoms with van der Waals surface area (Å²) in [4.78, 5) is 30.4. The standard InChI is InChI=1S/C23H18ClN3O3/c24-15-5-8-19-17(12-15)18-13-27(10-9-20(18)26-19)23(29)14-3-6-16(7-4-14)25-22(28)21-2-1-11-30-21/h1-8,11-12,26H,9-10,13H2,(H,25,28). The summed E-state index contributed by atoms with van der Waals surface area (Å²) in [6.45, 7) is 1.18. The molecule has 0 bridgehead atoms. The summed E-state index contributed by atoms with van der Waals surface area (Å²) in [6.07, 6.45) is 2.22. The van der Waals surface area contributed by atoms with Gasteiger partial charge >= 0.3 is 0 Å². The Balaban J connectivity index is 1.32. The van der Waals surface area contributed by atoms with E-state index in [4.69, 9.17) is 16.0 Å². The highest BCUT2D eigenvalue weighted by molar-refractivity contribution is 6.31. The maximum absolute atomic E-state index is 13.0. The van der Waals surface area contributed by atoms with Gasteiger partial charge in [-0.05, 0) is 54.6 Å². The molecule has 0 saturated carbocycles. The topological polar surface area (TPSA) is 78.3 Å². The zero-order chi connectivity index (χ0) is 20.7. The molecule has 0 radical (unpaired) electrons. The van der Waals surface area contributed by atoms with Crippen LogP contribution in [-0.2, 0) is 13.0 Å². The van der Waals surface area contributed by atoms with Crippen LogP contribution in [0.4, 0.5) is 5.69 Å². The van der Waals surface area contributed by atoms with Crippen LogP contribution < -0.4 is 5.32 Å². The number of H-pyrrole nitrogens is 1. The molecule has 0 atom stereocenters. The van der Waals surface area contributed by atoms with Crippen molar-refractivity contribution < 1.29 is 14.0 Å². The van der Waals surface area contributed by atoms with Crippen molar-refractivity contribution in [2.24, 2.45) is 0 Å². The van der Waals surface area contributed by atoms with Gasteiger partial charge in [-0.1, -0.05) is 11.6 Å². The van der Waals surface area contributed by atoms with Crippen LogP contribution in [0.15, 0.2) is 65.3 Å². The molecule has 0 saturated heterocycles. The molecule has 30 heavy (non-hydrogen) atoms. The Bertz CT molecular complexity index is 1240. The average molecular weight is 420 g/mol. The van der Waals surface area contributed by atoms with Gasteiger partial charge in [0, 0.05) is 57.9 Å². The van der Waals surface area contributed by atoms with E-state index in [0.29, 0.717) is 29.4 Å². The van der Waals surface area contributed by atoms with E-state index >= 15 is 0 Å². The molecule has 5 rings (SSSR count). The molecule has 0 unspecified atom stereocenters. The summed E-state index contributed by atoms with van der Waals surface area (Å²) in [5, 5.41) is 4.49. The molecule has 2 amide bonds. The van der Waals surface area contributed by atoms with Crippen molar-refractivity contribution in [2.75, 3.05) is 11.9 Å². The molecular formula is C23H18ClN3O3. The molecule has 0 spiro atoms. The summed E-state index contributed by atoms with van der Waals surface area (Å²) in [5.74, 6) is -0.139. The number of nitrogens with one attached hydrogen (secondary N) is 2. The third-order valence-electron chi connectivity index (χ3n) is 5.36. The first kappa shape index (κ1) is 18.5. The highest BCUT2D eigenvalue weighted by Gasteiger charge is 2.25. The first-order valence-electron chi connectivity index (χ1n) is 9.61. The highest BCUT2D eigenvalue weighted by atomic mass is 35.5. The van der Waals surface area contributed by atoms with Gasteiger partial charge in [0.05, 0.1) is 6.26 Å². The monoisotopic (exact) mass is 419 g/mol. The molecule has 150 valence electrons. The fourth-order valence-electron chi connectivity index (χ4n) is 3.84. The van der Waals surface area contributed by atoms with Crippen LogP contribution in [-0.4, -0.2) is 28.2 Å². The number of hydrogen-bond acceptors (Lipinski definition) is 3. The van der Waals surface area contributed by atoms with Gasteiger partial charge in [0.1, 0.15) is 0 Å². The van der Waals surface area contributed by atoms with Crippen molar-refractivity contribution >= 4 is 40.0 Å². The van der Waals surface area contributed by atoms with E-state index in [-0.39, 0.29) is 17.6 Å². The predicted molar refractivity (Wildman–Crippen MR) is 115 cm³/mol. The van der Waals surface area contributed by atoms with E-state index in [2.05, 4.69) is 10.3 Å². The minimum atomic E-state index is -0.333. The van der Waals surface area contributed by atoms with Crippen molar-refractivity contribution in [1.82, 2.24) is 9.88 Å². The average Bonchev–Trinajstić information content (AvgIpc) is 3.41. The lowest BCUT2D eigenvalue weighted by molar-refractivity contribution is 0.0735. The first-order valence-corrected chi connectivity index (χ1v) is 9.99. The quantitative estimate of drug-likeness (QED) is 0.497. The van der Waals surface area contributed by atoms with E-state index in [1.165, 1.54) is 6.26 Å². The number of carbonyl (C=O) groups is 2. The fraction of sp³-hybridized carbons (Fsp3) is 0.130. The van der Waals surface area contributed by atoms with Crippen LogP contribution in [0.2, 0.25) is 5.02 Å². The molecule has 3 heterocycles. The van der Waals surface area contributed by atoms with E-state index in [0.717, 1.165) is 28.6 Å². The number of aromatic amines is 1. The Morgan fingerprint density at radius 3 is 2.70 bits per heavy atom. The van der Waals surface area contributed by atoms with Crippen LogP contribution in [0.1, 0.15) is 32.2 Å². The number of carbonyl (C=O) groups excluding carboxylic acids is 2. The van der Waals surface area contributed by atoms with Crippen LogP contribution in [0.5, 0.6) is 0 Å². The minimum Gasteiger partial charge on any atom is -0.459 e. The minimum absolute atomic E-state index is 0.0408. The number of nitrogens with zero attached hydrogens (tertiary/aromatic N) is 1.